The van der Waals surface area contributed by atoms with Gasteiger partial charge < -0.3 is 0 Å². The summed E-state index contributed by atoms with van der Waals surface area (Å²) in [6, 6.07) is 4.90. The van der Waals surface area contributed by atoms with Gasteiger partial charge in [-0.3, -0.25) is 0 Å². The summed E-state index contributed by atoms with van der Waals surface area (Å²) in [6.07, 6.45) is 3.32. The van der Waals surface area contributed by atoms with E-state index in [1.54, 1.807) is 6.07 Å². The first-order valence-electron chi connectivity index (χ1n) is 4.85. The van der Waals surface area contributed by atoms with Crippen molar-refractivity contribution in [2.24, 2.45) is 0 Å². The summed E-state index contributed by atoms with van der Waals surface area (Å²) in [5.41, 5.74) is 1.12. The van der Waals surface area contributed by atoms with Crippen LogP contribution >= 0.6 is 11.5 Å². The molecule has 2 aromatic rings. The van der Waals surface area contributed by atoms with Gasteiger partial charge in [0, 0.05) is 5.39 Å². The summed E-state index contributed by atoms with van der Waals surface area (Å²) in [4.78, 5) is 0. The number of fused-ring (bicyclic) bond motifs is 1. The molecule has 0 aliphatic heterocycles. The first-order chi connectivity index (χ1) is 6.81. The minimum absolute atomic E-state index is 0.178. The molecular weight excluding hydrogens is 197 g/mol. The summed E-state index contributed by atoms with van der Waals surface area (Å²) in [5.74, 6) is -0.178. The number of nitrogens with zero attached hydrogens (tertiary/aromatic N) is 1. The van der Waals surface area contributed by atoms with Crippen LogP contribution in [0.5, 0.6) is 0 Å². The largest absolute Gasteiger partial charge is 0.207 e. The molecule has 2 rings (SSSR count). The fraction of sp³-hybridized carbons (Fsp3) is 0.364. The van der Waals surface area contributed by atoms with E-state index in [9.17, 15) is 4.39 Å². The second-order valence-corrected chi connectivity index (χ2v) is 4.18. The molecule has 1 aromatic carbocycles. The highest BCUT2D eigenvalue weighted by Gasteiger charge is 2.05. The Morgan fingerprint density at radius 1 is 1.43 bits per heavy atom. The number of unbranched alkanes of at least 4 members (excludes halogenated alkanes) is 1. The number of halogens is 1. The highest BCUT2D eigenvalue weighted by molar-refractivity contribution is 7.13. The molecular formula is C11H12FNS. The number of rotatable bonds is 3. The van der Waals surface area contributed by atoms with Gasteiger partial charge in [0.1, 0.15) is 5.82 Å². The van der Waals surface area contributed by atoms with Gasteiger partial charge in [-0.2, -0.15) is 4.37 Å². The van der Waals surface area contributed by atoms with E-state index < -0.39 is 0 Å². The maximum atomic E-state index is 12.9. The molecule has 0 N–H and O–H groups in total. The molecule has 0 unspecified atom stereocenters. The SMILES string of the molecule is CCCCc1nsc2cc(F)ccc12. The third-order valence-electron chi connectivity index (χ3n) is 2.28. The van der Waals surface area contributed by atoms with Gasteiger partial charge in [0.2, 0.25) is 0 Å². The lowest BCUT2D eigenvalue weighted by Crippen LogP contribution is -1.84. The molecule has 14 heavy (non-hydrogen) atoms. The smallest absolute Gasteiger partial charge is 0.124 e. The zero-order valence-electron chi connectivity index (χ0n) is 8.09. The minimum atomic E-state index is -0.178. The molecule has 0 fully saturated rings. The van der Waals surface area contributed by atoms with Crippen molar-refractivity contribution in [3.63, 3.8) is 0 Å². The summed E-state index contributed by atoms with van der Waals surface area (Å²) in [5, 5.41) is 1.12. The Morgan fingerprint density at radius 2 is 2.29 bits per heavy atom. The Hall–Kier alpha value is -0.960. The fourth-order valence-corrected chi connectivity index (χ4v) is 2.34. The number of hydrogen-bond acceptors (Lipinski definition) is 2. The van der Waals surface area contributed by atoms with Crippen molar-refractivity contribution in [2.75, 3.05) is 0 Å². The molecule has 0 atom stereocenters. The topological polar surface area (TPSA) is 12.9 Å². The molecule has 0 aliphatic carbocycles. The van der Waals surface area contributed by atoms with E-state index in [4.69, 9.17) is 0 Å². The molecule has 0 saturated heterocycles. The van der Waals surface area contributed by atoms with Crippen molar-refractivity contribution in [3.8, 4) is 0 Å². The molecule has 1 aromatic heterocycles. The van der Waals surface area contributed by atoms with E-state index in [-0.39, 0.29) is 5.82 Å². The number of aryl methyl sites for hydroxylation is 1. The molecule has 0 amide bonds. The molecule has 0 spiro atoms. The second-order valence-electron chi connectivity index (χ2n) is 3.37. The van der Waals surface area contributed by atoms with Crippen LogP contribution in [0.15, 0.2) is 18.2 Å². The normalized spacial score (nSPS) is 11.0. The Kier molecular flexibility index (Phi) is 2.77. The fourth-order valence-electron chi connectivity index (χ4n) is 1.49. The lowest BCUT2D eigenvalue weighted by molar-refractivity contribution is 0.630. The summed E-state index contributed by atoms with van der Waals surface area (Å²) in [7, 11) is 0. The van der Waals surface area contributed by atoms with Crippen molar-refractivity contribution in [1.29, 1.82) is 0 Å². The summed E-state index contributed by atoms with van der Waals surface area (Å²) >= 11 is 1.39. The third kappa shape index (κ3) is 1.77. The summed E-state index contributed by atoms with van der Waals surface area (Å²) < 4.78 is 18.2. The van der Waals surface area contributed by atoms with Gasteiger partial charge in [-0.05, 0) is 42.6 Å². The Labute approximate surface area is 86.7 Å². The van der Waals surface area contributed by atoms with Gasteiger partial charge in [-0.25, -0.2) is 4.39 Å². The molecule has 0 saturated carbocycles. The standard InChI is InChI=1S/C11H12FNS/c1-2-3-4-10-9-6-5-8(12)7-11(9)14-13-10/h5-7H,2-4H2,1H3. The molecule has 0 radical (unpaired) electrons. The number of benzene rings is 1. The van der Waals surface area contributed by atoms with Crippen LogP contribution in [0.3, 0.4) is 0 Å². The molecule has 1 heterocycles. The predicted molar refractivity (Wildman–Crippen MR) is 58.2 cm³/mol. The van der Waals surface area contributed by atoms with Gasteiger partial charge in [0.05, 0.1) is 10.4 Å². The second kappa shape index (κ2) is 4.05. The van der Waals surface area contributed by atoms with Crippen LogP contribution < -0.4 is 0 Å². The Morgan fingerprint density at radius 3 is 3.07 bits per heavy atom. The van der Waals surface area contributed by atoms with Gasteiger partial charge in [0.25, 0.3) is 0 Å². The summed E-state index contributed by atoms with van der Waals surface area (Å²) in [6.45, 7) is 2.16. The van der Waals surface area contributed by atoms with Crippen molar-refractivity contribution in [3.05, 3.63) is 29.7 Å². The van der Waals surface area contributed by atoms with Gasteiger partial charge in [0.15, 0.2) is 0 Å². The van der Waals surface area contributed by atoms with Crippen molar-refractivity contribution >= 4 is 21.6 Å². The van der Waals surface area contributed by atoms with Crippen LogP contribution in [-0.2, 0) is 6.42 Å². The van der Waals surface area contributed by atoms with Gasteiger partial charge >= 0.3 is 0 Å². The van der Waals surface area contributed by atoms with Crippen LogP contribution in [0.4, 0.5) is 4.39 Å². The monoisotopic (exact) mass is 209 g/mol. The van der Waals surface area contributed by atoms with Gasteiger partial charge in [-0.1, -0.05) is 13.3 Å². The maximum absolute atomic E-state index is 12.9. The molecule has 74 valence electrons. The number of hydrogen-bond donors (Lipinski definition) is 0. The number of aromatic nitrogens is 1. The lowest BCUT2D eigenvalue weighted by Gasteiger charge is -1.95. The van der Waals surface area contributed by atoms with Crippen LogP contribution in [-0.4, -0.2) is 4.37 Å². The van der Waals surface area contributed by atoms with E-state index in [2.05, 4.69) is 11.3 Å². The van der Waals surface area contributed by atoms with Crippen LogP contribution in [0.1, 0.15) is 25.5 Å². The zero-order chi connectivity index (χ0) is 9.97. The Bertz CT molecular complexity index is 436. The predicted octanol–water partition coefficient (Wildman–Crippen LogP) is 3.78. The zero-order valence-corrected chi connectivity index (χ0v) is 8.90. The van der Waals surface area contributed by atoms with E-state index in [1.807, 2.05) is 6.07 Å². The van der Waals surface area contributed by atoms with E-state index in [1.165, 1.54) is 24.0 Å². The van der Waals surface area contributed by atoms with Crippen molar-refractivity contribution < 1.29 is 4.39 Å². The molecule has 0 bridgehead atoms. The highest BCUT2D eigenvalue weighted by Crippen LogP contribution is 2.24. The first-order valence-corrected chi connectivity index (χ1v) is 5.62. The van der Waals surface area contributed by atoms with Crippen LogP contribution in [0.2, 0.25) is 0 Å². The van der Waals surface area contributed by atoms with E-state index in [0.717, 1.165) is 28.6 Å². The minimum Gasteiger partial charge on any atom is -0.207 e. The van der Waals surface area contributed by atoms with E-state index in [0.29, 0.717) is 0 Å². The van der Waals surface area contributed by atoms with Crippen LogP contribution in [0, 0.1) is 5.82 Å². The van der Waals surface area contributed by atoms with Crippen LogP contribution in [0.25, 0.3) is 10.1 Å². The highest BCUT2D eigenvalue weighted by atomic mass is 32.1. The van der Waals surface area contributed by atoms with Crippen molar-refractivity contribution in [2.45, 2.75) is 26.2 Å². The molecule has 1 nitrogen and oxygen atoms in total. The van der Waals surface area contributed by atoms with Gasteiger partial charge in [-0.15, -0.1) is 0 Å². The average Bonchev–Trinajstić information content (AvgIpc) is 2.57. The molecule has 3 heteroatoms. The quantitative estimate of drug-likeness (QED) is 0.749. The maximum Gasteiger partial charge on any atom is 0.124 e. The van der Waals surface area contributed by atoms with Crippen molar-refractivity contribution in [1.82, 2.24) is 4.37 Å². The molecule has 0 aliphatic rings. The first kappa shape index (κ1) is 9.59. The Balaban J connectivity index is 2.37. The third-order valence-corrected chi connectivity index (χ3v) is 3.12. The lowest BCUT2D eigenvalue weighted by atomic mass is 10.1. The van der Waals surface area contributed by atoms with E-state index >= 15 is 0 Å². The average molecular weight is 209 g/mol.